The Bertz CT molecular complexity index is 199. The van der Waals surface area contributed by atoms with E-state index in [0.29, 0.717) is 0 Å². The van der Waals surface area contributed by atoms with Gasteiger partial charge in [-0.25, -0.2) is 10.3 Å². The average molecular weight is 192 g/mol. The summed E-state index contributed by atoms with van der Waals surface area (Å²) in [4.78, 5) is 10.6. The van der Waals surface area contributed by atoms with Crippen molar-refractivity contribution >= 4 is 6.03 Å². The second kappa shape index (κ2) is 3.88. The molecule has 0 aromatic heterocycles. The van der Waals surface area contributed by atoms with Crippen LogP contribution in [-0.2, 0) is 0 Å². The molecule has 1 fully saturated rings. The molecular formula is C6H12N2O5. The van der Waals surface area contributed by atoms with Crippen LogP contribution in [0.5, 0.6) is 0 Å². The number of amides is 2. The average Bonchev–Trinajstić information content (AvgIpc) is 2.34. The zero-order valence-corrected chi connectivity index (χ0v) is 6.71. The molecule has 1 rings (SSSR count). The summed E-state index contributed by atoms with van der Waals surface area (Å²) < 4.78 is 0. The summed E-state index contributed by atoms with van der Waals surface area (Å²) in [6.07, 6.45) is -3.48. The maximum absolute atomic E-state index is 10.6. The van der Waals surface area contributed by atoms with Crippen molar-refractivity contribution in [1.29, 1.82) is 0 Å². The lowest BCUT2D eigenvalue weighted by Gasteiger charge is -2.16. The number of aliphatic hydroxyl groups is 3. The van der Waals surface area contributed by atoms with Crippen molar-refractivity contribution in [3.05, 3.63) is 0 Å². The van der Waals surface area contributed by atoms with E-state index in [1.54, 1.807) is 0 Å². The third kappa shape index (κ3) is 2.07. The summed E-state index contributed by atoms with van der Waals surface area (Å²) in [6, 6.07) is -1.64. The largest absolute Gasteiger partial charge is 0.390 e. The number of aliphatic hydroxyl groups excluding tert-OH is 3. The van der Waals surface area contributed by atoms with Gasteiger partial charge in [-0.2, -0.15) is 0 Å². The van der Waals surface area contributed by atoms with Gasteiger partial charge >= 0.3 is 6.03 Å². The molecule has 13 heavy (non-hydrogen) atoms. The molecule has 1 saturated carbocycles. The van der Waals surface area contributed by atoms with Crippen molar-refractivity contribution in [3.63, 3.8) is 0 Å². The molecule has 0 heterocycles. The van der Waals surface area contributed by atoms with Gasteiger partial charge in [-0.05, 0) is 6.42 Å². The molecule has 0 unspecified atom stereocenters. The standard InChI is InChI=1S/C6H12N2O5/c9-3-1-2(4(10)5(3)11)7-6(12)8-13/h2-5,9-11,13H,1H2,(H2,7,8,12)/t2-,3+,4+,5-/m1/s1. The topological polar surface area (TPSA) is 122 Å². The highest BCUT2D eigenvalue weighted by Crippen LogP contribution is 2.20. The Morgan fingerprint density at radius 2 is 1.85 bits per heavy atom. The first-order valence-electron chi connectivity index (χ1n) is 3.81. The molecular weight excluding hydrogens is 180 g/mol. The molecule has 2 amide bonds. The number of carbonyl (C=O) groups excluding carboxylic acids is 1. The summed E-state index contributed by atoms with van der Waals surface area (Å²) >= 11 is 0. The maximum atomic E-state index is 10.6. The van der Waals surface area contributed by atoms with Crippen molar-refractivity contribution in [3.8, 4) is 0 Å². The zero-order chi connectivity index (χ0) is 10.0. The Hall–Kier alpha value is -0.890. The van der Waals surface area contributed by atoms with E-state index in [1.807, 2.05) is 0 Å². The SMILES string of the molecule is O=C(NO)N[C@@H]1C[C@H](O)[C@@H](O)[C@H]1O. The summed E-state index contributed by atoms with van der Waals surface area (Å²) in [5.74, 6) is 0. The minimum atomic E-state index is -1.26. The molecule has 0 spiro atoms. The summed E-state index contributed by atoms with van der Waals surface area (Å²) in [7, 11) is 0. The van der Waals surface area contributed by atoms with Crippen LogP contribution in [0.3, 0.4) is 0 Å². The molecule has 76 valence electrons. The number of carbonyl (C=O) groups is 1. The fraction of sp³-hybridized carbons (Fsp3) is 0.833. The molecule has 0 aliphatic heterocycles. The predicted octanol–water partition coefficient (Wildman–Crippen LogP) is -2.47. The van der Waals surface area contributed by atoms with Crippen LogP contribution < -0.4 is 10.8 Å². The highest BCUT2D eigenvalue weighted by molar-refractivity contribution is 5.72. The Morgan fingerprint density at radius 1 is 1.23 bits per heavy atom. The van der Waals surface area contributed by atoms with E-state index in [9.17, 15) is 9.90 Å². The van der Waals surface area contributed by atoms with Gasteiger partial charge in [0.2, 0.25) is 0 Å². The summed E-state index contributed by atoms with van der Waals surface area (Å²) in [6.45, 7) is 0. The van der Waals surface area contributed by atoms with E-state index in [0.717, 1.165) is 0 Å². The molecule has 0 radical (unpaired) electrons. The Labute approximate surface area is 74.0 Å². The van der Waals surface area contributed by atoms with Gasteiger partial charge in [0.1, 0.15) is 12.2 Å². The predicted molar refractivity (Wildman–Crippen MR) is 39.9 cm³/mol. The quantitative estimate of drug-likeness (QED) is 0.203. The van der Waals surface area contributed by atoms with Gasteiger partial charge < -0.3 is 20.6 Å². The first-order chi connectivity index (χ1) is 6.06. The summed E-state index contributed by atoms with van der Waals surface area (Å²) in [5, 5.41) is 37.7. The van der Waals surface area contributed by atoms with Gasteiger partial charge in [-0.15, -0.1) is 0 Å². The fourth-order valence-corrected chi connectivity index (χ4v) is 1.35. The van der Waals surface area contributed by atoms with Crippen LogP contribution in [0, 0.1) is 0 Å². The molecule has 0 aromatic rings. The fourth-order valence-electron chi connectivity index (χ4n) is 1.35. The van der Waals surface area contributed by atoms with E-state index in [-0.39, 0.29) is 6.42 Å². The molecule has 7 nitrogen and oxygen atoms in total. The van der Waals surface area contributed by atoms with Crippen LogP contribution >= 0.6 is 0 Å². The maximum Gasteiger partial charge on any atom is 0.338 e. The lowest BCUT2D eigenvalue weighted by atomic mass is 10.2. The van der Waals surface area contributed by atoms with Crippen molar-refractivity contribution in [2.75, 3.05) is 0 Å². The van der Waals surface area contributed by atoms with Crippen LogP contribution in [0.4, 0.5) is 4.79 Å². The molecule has 0 bridgehead atoms. The van der Waals surface area contributed by atoms with Crippen molar-refractivity contribution < 1.29 is 25.3 Å². The molecule has 0 saturated heterocycles. The van der Waals surface area contributed by atoms with Crippen molar-refractivity contribution in [2.45, 2.75) is 30.8 Å². The summed E-state index contributed by atoms with van der Waals surface area (Å²) in [5.41, 5.74) is 1.32. The van der Waals surface area contributed by atoms with Crippen LogP contribution in [0.15, 0.2) is 0 Å². The minimum Gasteiger partial charge on any atom is -0.390 e. The third-order valence-electron chi connectivity index (χ3n) is 2.07. The van der Waals surface area contributed by atoms with E-state index in [4.69, 9.17) is 15.4 Å². The molecule has 6 N–H and O–H groups in total. The van der Waals surface area contributed by atoms with Crippen LogP contribution in [0.2, 0.25) is 0 Å². The molecule has 1 aliphatic carbocycles. The number of hydroxylamine groups is 1. The van der Waals surface area contributed by atoms with Gasteiger partial charge in [0.25, 0.3) is 0 Å². The zero-order valence-electron chi connectivity index (χ0n) is 6.71. The lowest BCUT2D eigenvalue weighted by molar-refractivity contribution is -0.0219. The normalized spacial score (nSPS) is 38.8. The molecule has 7 heteroatoms. The molecule has 4 atom stereocenters. The number of nitrogens with one attached hydrogen (secondary N) is 2. The number of hydrogen-bond donors (Lipinski definition) is 6. The van der Waals surface area contributed by atoms with Crippen molar-refractivity contribution in [1.82, 2.24) is 10.8 Å². The molecule has 0 aromatic carbocycles. The van der Waals surface area contributed by atoms with E-state index in [2.05, 4.69) is 5.32 Å². The number of urea groups is 1. The molecule has 1 aliphatic rings. The second-order valence-corrected chi connectivity index (χ2v) is 2.98. The smallest absolute Gasteiger partial charge is 0.338 e. The van der Waals surface area contributed by atoms with E-state index < -0.39 is 30.4 Å². The minimum absolute atomic E-state index is 0.0513. The first kappa shape index (κ1) is 10.2. The number of rotatable bonds is 1. The Kier molecular flexibility index (Phi) is 3.04. The lowest BCUT2D eigenvalue weighted by Crippen LogP contribution is -2.46. The van der Waals surface area contributed by atoms with E-state index in [1.165, 1.54) is 5.48 Å². The Morgan fingerprint density at radius 3 is 2.23 bits per heavy atom. The third-order valence-corrected chi connectivity index (χ3v) is 2.07. The van der Waals surface area contributed by atoms with Gasteiger partial charge in [0, 0.05) is 0 Å². The monoisotopic (exact) mass is 192 g/mol. The van der Waals surface area contributed by atoms with Gasteiger partial charge in [-0.3, -0.25) is 5.21 Å². The van der Waals surface area contributed by atoms with Crippen LogP contribution in [-0.4, -0.2) is 50.9 Å². The van der Waals surface area contributed by atoms with Gasteiger partial charge in [0.15, 0.2) is 0 Å². The van der Waals surface area contributed by atoms with E-state index >= 15 is 0 Å². The van der Waals surface area contributed by atoms with Crippen LogP contribution in [0.1, 0.15) is 6.42 Å². The van der Waals surface area contributed by atoms with Gasteiger partial charge in [-0.1, -0.05) is 0 Å². The highest BCUT2D eigenvalue weighted by Gasteiger charge is 2.41. The Balaban J connectivity index is 2.49. The van der Waals surface area contributed by atoms with Crippen LogP contribution in [0.25, 0.3) is 0 Å². The van der Waals surface area contributed by atoms with Crippen molar-refractivity contribution in [2.24, 2.45) is 0 Å². The number of hydrogen-bond acceptors (Lipinski definition) is 5. The first-order valence-corrected chi connectivity index (χ1v) is 3.81. The van der Waals surface area contributed by atoms with Gasteiger partial charge in [0.05, 0.1) is 12.1 Å². The highest BCUT2D eigenvalue weighted by atomic mass is 16.5. The second-order valence-electron chi connectivity index (χ2n) is 2.98.